The molecule has 0 radical (unpaired) electrons. The van der Waals surface area contributed by atoms with E-state index in [9.17, 15) is 4.79 Å². The van der Waals surface area contributed by atoms with Crippen molar-refractivity contribution in [2.45, 2.75) is 19.4 Å². The van der Waals surface area contributed by atoms with Crippen molar-refractivity contribution in [3.05, 3.63) is 58.3 Å². The highest BCUT2D eigenvalue weighted by Gasteiger charge is 2.27. The number of benzene rings is 2. The molecule has 7 heteroatoms. The SMILES string of the molecule is Cn1c(CN2CCC[C@@H](C(=O)Nc3cccc(Cl)c3Cl)C2)nc2ccccc21. The van der Waals surface area contributed by atoms with Gasteiger partial charge in [0.25, 0.3) is 0 Å². The van der Waals surface area contributed by atoms with E-state index in [4.69, 9.17) is 28.2 Å². The zero-order valence-electron chi connectivity index (χ0n) is 15.7. The fraction of sp³-hybridized carbons (Fsp3) is 0.333. The molecule has 1 amide bonds. The Hall–Kier alpha value is -2.08. The van der Waals surface area contributed by atoms with Crippen LogP contribution in [0.3, 0.4) is 0 Å². The zero-order valence-corrected chi connectivity index (χ0v) is 17.2. The van der Waals surface area contributed by atoms with Gasteiger partial charge in [0.2, 0.25) is 5.91 Å². The summed E-state index contributed by atoms with van der Waals surface area (Å²) in [6, 6.07) is 13.4. The van der Waals surface area contributed by atoms with Crippen LogP contribution >= 0.6 is 23.2 Å². The van der Waals surface area contributed by atoms with E-state index in [0.717, 1.165) is 42.8 Å². The van der Waals surface area contributed by atoms with E-state index in [1.165, 1.54) is 0 Å². The molecule has 2 aromatic carbocycles. The summed E-state index contributed by atoms with van der Waals surface area (Å²) in [5.74, 6) is 0.914. The van der Waals surface area contributed by atoms with Gasteiger partial charge in [0, 0.05) is 13.6 Å². The van der Waals surface area contributed by atoms with Gasteiger partial charge in [-0.25, -0.2) is 4.98 Å². The molecule has 2 heterocycles. The Morgan fingerprint density at radius 1 is 1.21 bits per heavy atom. The Bertz CT molecular complexity index is 1020. The van der Waals surface area contributed by atoms with Crippen molar-refractivity contribution >= 4 is 45.8 Å². The molecule has 1 saturated heterocycles. The molecule has 4 rings (SSSR count). The number of carbonyl (C=O) groups is 1. The molecule has 0 saturated carbocycles. The minimum atomic E-state index is -0.0847. The summed E-state index contributed by atoms with van der Waals surface area (Å²) in [5.41, 5.74) is 2.69. The number of para-hydroxylation sites is 2. The smallest absolute Gasteiger partial charge is 0.228 e. The van der Waals surface area contributed by atoms with Gasteiger partial charge >= 0.3 is 0 Å². The van der Waals surface area contributed by atoms with Crippen LogP contribution in [0.1, 0.15) is 18.7 Å². The average Bonchev–Trinajstić information content (AvgIpc) is 3.01. The molecule has 0 unspecified atom stereocenters. The van der Waals surface area contributed by atoms with Gasteiger partial charge in [-0.05, 0) is 43.7 Å². The second-order valence-corrected chi connectivity index (χ2v) is 8.03. The number of anilines is 1. The highest BCUT2D eigenvalue weighted by molar-refractivity contribution is 6.44. The molecule has 0 bridgehead atoms. The van der Waals surface area contributed by atoms with Crippen molar-refractivity contribution in [2.75, 3.05) is 18.4 Å². The van der Waals surface area contributed by atoms with Crippen LogP contribution < -0.4 is 5.32 Å². The molecule has 146 valence electrons. The first-order valence-electron chi connectivity index (χ1n) is 9.40. The third-order valence-electron chi connectivity index (χ3n) is 5.33. The highest BCUT2D eigenvalue weighted by atomic mass is 35.5. The van der Waals surface area contributed by atoms with Gasteiger partial charge < -0.3 is 9.88 Å². The van der Waals surface area contributed by atoms with Crippen molar-refractivity contribution < 1.29 is 4.79 Å². The lowest BCUT2D eigenvalue weighted by molar-refractivity contribution is -0.121. The Balaban J connectivity index is 1.44. The van der Waals surface area contributed by atoms with Crippen LogP contribution in [0.2, 0.25) is 10.0 Å². The fourth-order valence-corrected chi connectivity index (χ4v) is 4.13. The summed E-state index contributed by atoms with van der Waals surface area (Å²) in [6.45, 7) is 2.39. The summed E-state index contributed by atoms with van der Waals surface area (Å²) in [4.78, 5) is 19.8. The zero-order chi connectivity index (χ0) is 19.7. The molecule has 1 aromatic heterocycles. The third-order valence-corrected chi connectivity index (χ3v) is 6.15. The minimum Gasteiger partial charge on any atom is -0.330 e. The monoisotopic (exact) mass is 416 g/mol. The van der Waals surface area contributed by atoms with Gasteiger partial charge in [-0.3, -0.25) is 9.69 Å². The predicted octanol–water partition coefficient (Wildman–Crippen LogP) is 4.73. The van der Waals surface area contributed by atoms with Crippen LogP contribution in [0, 0.1) is 5.92 Å². The van der Waals surface area contributed by atoms with Crippen molar-refractivity contribution in [3.8, 4) is 0 Å². The Labute approximate surface area is 174 Å². The van der Waals surface area contributed by atoms with E-state index >= 15 is 0 Å². The number of rotatable bonds is 4. The molecule has 1 aliphatic rings. The van der Waals surface area contributed by atoms with Crippen molar-refractivity contribution in [1.82, 2.24) is 14.5 Å². The average molecular weight is 417 g/mol. The number of hydrogen-bond acceptors (Lipinski definition) is 3. The lowest BCUT2D eigenvalue weighted by atomic mass is 9.97. The molecule has 1 aliphatic heterocycles. The first-order chi connectivity index (χ1) is 13.5. The van der Waals surface area contributed by atoms with Gasteiger partial charge in [-0.1, -0.05) is 41.4 Å². The largest absolute Gasteiger partial charge is 0.330 e. The molecule has 1 N–H and O–H groups in total. The van der Waals surface area contributed by atoms with Crippen molar-refractivity contribution in [1.29, 1.82) is 0 Å². The number of aryl methyl sites for hydroxylation is 1. The molecule has 0 aliphatic carbocycles. The van der Waals surface area contributed by atoms with Gasteiger partial charge in [-0.15, -0.1) is 0 Å². The molecule has 1 atom stereocenters. The number of imidazole rings is 1. The molecule has 3 aromatic rings. The number of likely N-dealkylation sites (tertiary alicyclic amines) is 1. The maximum absolute atomic E-state index is 12.8. The van der Waals surface area contributed by atoms with Gasteiger partial charge in [-0.2, -0.15) is 0 Å². The van der Waals surface area contributed by atoms with Crippen LogP contribution in [0.5, 0.6) is 0 Å². The quantitative estimate of drug-likeness (QED) is 0.668. The predicted molar refractivity (Wildman–Crippen MR) is 114 cm³/mol. The lowest BCUT2D eigenvalue weighted by Gasteiger charge is -2.31. The van der Waals surface area contributed by atoms with E-state index in [0.29, 0.717) is 22.3 Å². The number of amides is 1. The van der Waals surface area contributed by atoms with Crippen LogP contribution in [0.4, 0.5) is 5.69 Å². The molecule has 28 heavy (non-hydrogen) atoms. The van der Waals surface area contributed by atoms with Crippen LogP contribution in [0.15, 0.2) is 42.5 Å². The summed E-state index contributed by atoms with van der Waals surface area (Å²) in [7, 11) is 2.04. The molecule has 1 fully saturated rings. The molecule has 0 spiro atoms. The lowest BCUT2D eigenvalue weighted by Crippen LogP contribution is -2.40. The normalized spacial score (nSPS) is 17.8. The van der Waals surface area contributed by atoms with Gasteiger partial charge in [0.1, 0.15) is 5.82 Å². The van der Waals surface area contributed by atoms with Gasteiger partial charge in [0.15, 0.2) is 0 Å². The number of aromatic nitrogens is 2. The molecular weight excluding hydrogens is 395 g/mol. The summed E-state index contributed by atoms with van der Waals surface area (Å²) in [6.07, 6.45) is 1.84. The van der Waals surface area contributed by atoms with E-state index in [2.05, 4.69) is 20.9 Å². The maximum atomic E-state index is 12.8. The van der Waals surface area contributed by atoms with Crippen LogP contribution in [0.25, 0.3) is 11.0 Å². The topological polar surface area (TPSA) is 50.2 Å². The van der Waals surface area contributed by atoms with E-state index < -0.39 is 0 Å². The second-order valence-electron chi connectivity index (χ2n) is 7.24. The number of hydrogen-bond donors (Lipinski definition) is 1. The Kier molecular flexibility index (Phi) is 5.58. The Morgan fingerprint density at radius 2 is 2.04 bits per heavy atom. The van der Waals surface area contributed by atoms with Crippen LogP contribution in [-0.2, 0) is 18.4 Å². The number of halogens is 2. The number of piperidine rings is 1. The number of nitrogens with zero attached hydrogens (tertiary/aromatic N) is 3. The second kappa shape index (κ2) is 8.11. The standard InChI is InChI=1S/C21H22Cl2N4O/c1-26-18-10-3-2-8-16(18)24-19(26)13-27-11-5-6-14(12-27)21(28)25-17-9-4-7-15(22)20(17)23/h2-4,7-10,14H,5-6,11-13H2,1H3,(H,25,28)/t14-/m1/s1. The summed E-state index contributed by atoms with van der Waals surface area (Å²) in [5, 5.41) is 3.75. The highest BCUT2D eigenvalue weighted by Crippen LogP contribution is 2.30. The molecule has 5 nitrogen and oxygen atoms in total. The fourth-order valence-electron chi connectivity index (χ4n) is 3.79. The number of fused-ring (bicyclic) bond motifs is 1. The molecular formula is C21H22Cl2N4O. The number of nitrogens with one attached hydrogen (secondary N) is 1. The Morgan fingerprint density at radius 3 is 2.86 bits per heavy atom. The summed E-state index contributed by atoms with van der Waals surface area (Å²) >= 11 is 12.2. The minimum absolute atomic E-state index is 0.0149. The van der Waals surface area contributed by atoms with E-state index in [1.807, 2.05) is 25.2 Å². The first-order valence-corrected chi connectivity index (χ1v) is 10.2. The summed E-state index contributed by atoms with van der Waals surface area (Å²) < 4.78 is 2.13. The van der Waals surface area contributed by atoms with E-state index in [-0.39, 0.29) is 11.8 Å². The first kappa shape index (κ1) is 19.2. The third kappa shape index (κ3) is 3.88. The van der Waals surface area contributed by atoms with Gasteiger partial charge in [0.05, 0.1) is 39.2 Å². The van der Waals surface area contributed by atoms with Crippen molar-refractivity contribution in [2.24, 2.45) is 13.0 Å². The van der Waals surface area contributed by atoms with Crippen LogP contribution in [-0.4, -0.2) is 33.4 Å². The maximum Gasteiger partial charge on any atom is 0.228 e. The van der Waals surface area contributed by atoms with E-state index in [1.54, 1.807) is 18.2 Å². The van der Waals surface area contributed by atoms with Crippen molar-refractivity contribution in [3.63, 3.8) is 0 Å². The number of carbonyl (C=O) groups excluding carboxylic acids is 1.